The van der Waals surface area contributed by atoms with E-state index in [9.17, 15) is 13.8 Å². The molecule has 3 unspecified atom stereocenters. The molecule has 0 radical (unpaired) electrons. The summed E-state index contributed by atoms with van der Waals surface area (Å²) in [5.41, 5.74) is 1.44. The Kier molecular flexibility index (Phi) is 4.00. The Morgan fingerprint density at radius 1 is 1.75 bits per heavy atom. The molecule has 3 atom stereocenters. The van der Waals surface area contributed by atoms with Crippen molar-refractivity contribution in [3.8, 4) is 0 Å². The van der Waals surface area contributed by atoms with E-state index in [2.05, 4.69) is 9.50 Å². The minimum absolute atomic E-state index is 0.144. The molecule has 1 heterocycles. The van der Waals surface area contributed by atoms with Gasteiger partial charge in [0.15, 0.2) is 15.8 Å². The quantitative estimate of drug-likeness (QED) is 0.433. The average Bonchev–Trinajstić information content (AvgIpc) is 2.25. The SMILES string of the molecule is COS(=O)C1(C(=O)NO)CC(=O)NC(C)C1. The number of amides is 2. The predicted molar refractivity (Wildman–Crippen MR) is 54.7 cm³/mol. The van der Waals surface area contributed by atoms with Gasteiger partial charge in [-0.3, -0.25) is 19.0 Å². The van der Waals surface area contributed by atoms with Crippen LogP contribution in [0.5, 0.6) is 0 Å². The fourth-order valence-electron chi connectivity index (χ4n) is 1.84. The Balaban J connectivity index is 3.08. The van der Waals surface area contributed by atoms with E-state index in [0.717, 1.165) is 0 Å². The highest BCUT2D eigenvalue weighted by atomic mass is 32.2. The third-order valence-corrected chi connectivity index (χ3v) is 3.91. The van der Waals surface area contributed by atoms with Crippen LogP contribution in [0.4, 0.5) is 0 Å². The molecule has 1 aliphatic heterocycles. The van der Waals surface area contributed by atoms with Gasteiger partial charge >= 0.3 is 0 Å². The molecule has 1 fully saturated rings. The van der Waals surface area contributed by atoms with E-state index in [4.69, 9.17) is 5.21 Å². The summed E-state index contributed by atoms with van der Waals surface area (Å²) in [6, 6.07) is -0.308. The number of carbonyl (C=O) groups excluding carboxylic acids is 2. The maximum absolute atomic E-state index is 11.7. The molecule has 1 saturated heterocycles. The van der Waals surface area contributed by atoms with E-state index in [1.807, 2.05) is 0 Å². The van der Waals surface area contributed by atoms with Gasteiger partial charge in [0.05, 0.1) is 13.5 Å². The van der Waals surface area contributed by atoms with Crippen molar-refractivity contribution in [2.75, 3.05) is 7.11 Å². The summed E-state index contributed by atoms with van der Waals surface area (Å²) in [4.78, 5) is 22.9. The highest BCUT2D eigenvalue weighted by Crippen LogP contribution is 2.29. The van der Waals surface area contributed by atoms with Gasteiger partial charge in [-0.2, -0.15) is 0 Å². The van der Waals surface area contributed by atoms with Gasteiger partial charge in [-0.05, 0) is 13.3 Å². The second-order valence-electron chi connectivity index (χ2n) is 3.69. The molecule has 0 aliphatic carbocycles. The summed E-state index contributed by atoms with van der Waals surface area (Å²) < 4.78 is 14.8. The van der Waals surface area contributed by atoms with Crippen molar-refractivity contribution in [1.29, 1.82) is 0 Å². The third kappa shape index (κ3) is 2.23. The molecule has 92 valence electrons. The normalized spacial score (nSPS) is 31.7. The summed E-state index contributed by atoms with van der Waals surface area (Å²) in [6.45, 7) is 1.68. The van der Waals surface area contributed by atoms with E-state index in [1.165, 1.54) is 12.6 Å². The van der Waals surface area contributed by atoms with Crippen LogP contribution in [0.15, 0.2) is 0 Å². The van der Waals surface area contributed by atoms with Gasteiger partial charge in [0.1, 0.15) is 0 Å². The van der Waals surface area contributed by atoms with Crippen LogP contribution in [0.2, 0.25) is 0 Å². The fourth-order valence-corrected chi connectivity index (χ4v) is 2.99. The Hall–Kier alpha value is -0.990. The molecule has 2 amide bonds. The smallest absolute Gasteiger partial charge is 0.265 e. The predicted octanol–water partition coefficient (Wildman–Crippen LogP) is -1.16. The zero-order valence-electron chi connectivity index (χ0n) is 8.98. The summed E-state index contributed by atoms with van der Waals surface area (Å²) in [6.07, 6.45) is -0.129. The minimum atomic E-state index is -1.98. The lowest BCUT2D eigenvalue weighted by Gasteiger charge is -2.35. The van der Waals surface area contributed by atoms with Crippen molar-refractivity contribution in [3.05, 3.63) is 0 Å². The van der Waals surface area contributed by atoms with Crippen LogP contribution in [0.25, 0.3) is 0 Å². The van der Waals surface area contributed by atoms with Crippen molar-refractivity contribution in [3.63, 3.8) is 0 Å². The first-order valence-electron chi connectivity index (χ1n) is 4.66. The van der Waals surface area contributed by atoms with Crippen LogP contribution in [0, 0.1) is 0 Å². The molecule has 16 heavy (non-hydrogen) atoms. The maximum Gasteiger partial charge on any atom is 0.265 e. The minimum Gasteiger partial charge on any atom is -0.354 e. The van der Waals surface area contributed by atoms with E-state index in [1.54, 1.807) is 6.92 Å². The van der Waals surface area contributed by atoms with Gasteiger partial charge in [0, 0.05) is 6.04 Å². The molecule has 7 nitrogen and oxygen atoms in total. The zero-order chi connectivity index (χ0) is 12.3. The fraction of sp³-hybridized carbons (Fsp3) is 0.750. The molecule has 0 saturated carbocycles. The van der Waals surface area contributed by atoms with E-state index < -0.39 is 27.6 Å². The number of nitrogens with one attached hydrogen (secondary N) is 2. The van der Waals surface area contributed by atoms with Crippen molar-refractivity contribution in [1.82, 2.24) is 10.8 Å². The lowest BCUT2D eigenvalue weighted by Crippen LogP contribution is -2.59. The number of hydroxylamine groups is 1. The van der Waals surface area contributed by atoms with Gasteiger partial charge < -0.3 is 5.32 Å². The highest BCUT2D eigenvalue weighted by Gasteiger charge is 2.51. The van der Waals surface area contributed by atoms with Gasteiger partial charge in [-0.1, -0.05) is 0 Å². The monoisotopic (exact) mass is 250 g/mol. The van der Waals surface area contributed by atoms with Crippen molar-refractivity contribution in [2.24, 2.45) is 0 Å². The molecule has 0 aromatic carbocycles. The average molecular weight is 250 g/mol. The Morgan fingerprint density at radius 3 is 2.81 bits per heavy atom. The van der Waals surface area contributed by atoms with Gasteiger partial charge in [-0.25, -0.2) is 9.69 Å². The molecule has 0 bridgehead atoms. The summed E-state index contributed by atoms with van der Waals surface area (Å²) in [7, 11) is 1.18. The van der Waals surface area contributed by atoms with Crippen LogP contribution in [0.3, 0.4) is 0 Å². The second-order valence-corrected chi connectivity index (χ2v) is 5.27. The van der Waals surface area contributed by atoms with Crippen molar-refractivity contribution in [2.45, 2.75) is 30.6 Å². The molecular weight excluding hydrogens is 236 g/mol. The first-order chi connectivity index (χ1) is 7.46. The summed E-state index contributed by atoms with van der Waals surface area (Å²) in [5, 5.41) is 11.2. The Morgan fingerprint density at radius 2 is 2.38 bits per heavy atom. The number of hydrogen-bond acceptors (Lipinski definition) is 5. The molecule has 3 N–H and O–H groups in total. The van der Waals surface area contributed by atoms with E-state index >= 15 is 0 Å². The largest absolute Gasteiger partial charge is 0.354 e. The first kappa shape index (κ1) is 13.1. The molecule has 1 rings (SSSR count). The molecule has 1 aliphatic rings. The lowest BCUT2D eigenvalue weighted by molar-refractivity contribution is -0.137. The van der Waals surface area contributed by atoms with Crippen LogP contribution in [0.1, 0.15) is 19.8 Å². The maximum atomic E-state index is 11.7. The lowest BCUT2D eigenvalue weighted by atomic mass is 9.91. The van der Waals surface area contributed by atoms with Crippen LogP contribution < -0.4 is 10.8 Å². The molecule has 0 aromatic rings. The van der Waals surface area contributed by atoms with Gasteiger partial charge in [0.25, 0.3) is 5.91 Å². The molecule has 0 aromatic heterocycles. The van der Waals surface area contributed by atoms with E-state index in [-0.39, 0.29) is 18.9 Å². The van der Waals surface area contributed by atoms with Crippen LogP contribution in [-0.2, 0) is 24.9 Å². The van der Waals surface area contributed by atoms with Gasteiger partial charge in [0.2, 0.25) is 5.91 Å². The standard InChI is InChI=1S/C8H14N2O5S/c1-5-3-8(7(12)10-13,16(14)15-2)4-6(11)9-5/h5,13H,3-4H2,1-2H3,(H,9,11)(H,10,12). The zero-order valence-corrected chi connectivity index (χ0v) is 9.80. The topological polar surface area (TPSA) is 105 Å². The molecular formula is C8H14N2O5S. The Bertz CT molecular complexity index is 316. The van der Waals surface area contributed by atoms with Crippen molar-refractivity contribution < 1.29 is 23.2 Å². The number of piperidine rings is 1. The number of rotatable bonds is 3. The highest BCUT2D eigenvalue weighted by molar-refractivity contribution is 7.82. The van der Waals surface area contributed by atoms with Crippen LogP contribution >= 0.6 is 0 Å². The summed E-state index contributed by atoms with van der Waals surface area (Å²) >= 11 is -1.98. The number of carbonyl (C=O) groups is 2. The van der Waals surface area contributed by atoms with Gasteiger partial charge in [-0.15, -0.1) is 0 Å². The Labute approximate surface area is 95.2 Å². The number of hydrogen-bond donors (Lipinski definition) is 3. The molecule has 8 heteroatoms. The summed E-state index contributed by atoms with van der Waals surface area (Å²) in [5.74, 6) is -1.26. The van der Waals surface area contributed by atoms with E-state index in [0.29, 0.717) is 0 Å². The van der Waals surface area contributed by atoms with Crippen LogP contribution in [-0.4, -0.2) is 39.1 Å². The third-order valence-electron chi connectivity index (χ3n) is 2.48. The van der Waals surface area contributed by atoms with Crippen molar-refractivity contribution >= 4 is 22.9 Å². The first-order valence-corrected chi connectivity index (χ1v) is 5.74. The second kappa shape index (κ2) is 4.89. The molecule has 0 spiro atoms.